The van der Waals surface area contributed by atoms with Gasteiger partial charge in [-0.25, -0.2) is 8.42 Å². The average molecular weight is 474 g/mol. The van der Waals surface area contributed by atoms with Crippen LogP contribution in [-0.2, 0) is 10.0 Å². The molecule has 0 saturated carbocycles. The molecular weight excluding hydrogens is 442 g/mol. The molecule has 2 aliphatic heterocycles. The van der Waals surface area contributed by atoms with Gasteiger partial charge in [-0.15, -0.1) is 0 Å². The Balaban J connectivity index is 1.60. The number of hydrogen-bond donors (Lipinski definition) is 1. The van der Waals surface area contributed by atoms with Crippen molar-refractivity contribution in [1.29, 1.82) is 0 Å². The van der Waals surface area contributed by atoms with E-state index >= 15 is 0 Å². The molecule has 0 bridgehead atoms. The van der Waals surface area contributed by atoms with Gasteiger partial charge in [-0.05, 0) is 57.5 Å². The molecule has 2 saturated heterocycles. The van der Waals surface area contributed by atoms with Crippen molar-refractivity contribution in [2.24, 2.45) is 0 Å². The zero-order valence-corrected chi connectivity index (χ0v) is 20.0. The van der Waals surface area contributed by atoms with Crippen LogP contribution >= 0.6 is 23.4 Å². The fraction of sp³-hybridized carbons (Fsp3) is 0.667. The number of nitrogens with one attached hydrogen (secondary N) is 1. The zero-order valence-electron chi connectivity index (χ0n) is 17.6. The highest BCUT2D eigenvalue weighted by Gasteiger charge is 2.27. The van der Waals surface area contributed by atoms with Gasteiger partial charge in [0.05, 0.1) is 15.5 Å². The van der Waals surface area contributed by atoms with Crippen LogP contribution in [-0.4, -0.2) is 73.8 Å². The minimum atomic E-state index is -3.61. The highest BCUT2D eigenvalue weighted by Crippen LogP contribution is 2.25. The fourth-order valence-corrected chi connectivity index (χ4v) is 6.79. The summed E-state index contributed by atoms with van der Waals surface area (Å²) in [5.74, 6) is 1.25. The van der Waals surface area contributed by atoms with E-state index in [0.29, 0.717) is 25.7 Å². The van der Waals surface area contributed by atoms with Gasteiger partial charge in [0.15, 0.2) is 0 Å². The molecule has 2 fully saturated rings. The van der Waals surface area contributed by atoms with Crippen LogP contribution in [0.5, 0.6) is 0 Å². The topological polar surface area (TPSA) is 69.7 Å². The van der Waals surface area contributed by atoms with Gasteiger partial charge in [-0.3, -0.25) is 4.79 Å². The summed E-state index contributed by atoms with van der Waals surface area (Å²) in [6.07, 6.45) is 5.93. The summed E-state index contributed by atoms with van der Waals surface area (Å²) in [6, 6.07) is 4.80. The first-order valence-electron chi connectivity index (χ1n) is 10.8. The van der Waals surface area contributed by atoms with Crippen LogP contribution in [0.4, 0.5) is 0 Å². The molecule has 0 aliphatic carbocycles. The monoisotopic (exact) mass is 473 g/mol. The standard InChI is InChI=1S/C21H32ClN3O3S2/c1-17(24-10-4-2-3-5-11-24)8-9-23-21(26)19-16-18(6-7-20(19)22)30(27,28)25-12-14-29-15-13-25/h6-7,16-17H,2-5,8-15H2,1H3,(H,23,26)/t17-/m0/s1. The van der Waals surface area contributed by atoms with E-state index in [4.69, 9.17) is 11.6 Å². The minimum Gasteiger partial charge on any atom is -0.352 e. The maximum Gasteiger partial charge on any atom is 0.252 e. The van der Waals surface area contributed by atoms with Crippen LogP contribution in [0.3, 0.4) is 0 Å². The summed E-state index contributed by atoms with van der Waals surface area (Å²) in [7, 11) is -3.61. The van der Waals surface area contributed by atoms with Crippen molar-refractivity contribution >= 4 is 39.3 Å². The predicted octanol–water partition coefficient (Wildman–Crippen LogP) is 3.46. The molecule has 0 radical (unpaired) electrons. The molecule has 2 heterocycles. The summed E-state index contributed by atoms with van der Waals surface area (Å²) in [4.78, 5) is 15.3. The summed E-state index contributed by atoms with van der Waals surface area (Å²) in [5.41, 5.74) is 0.214. The fourth-order valence-electron chi connectivity index (χ4n) is 3.98. The van der Waals surface area contributed by atoms with Crippen LogP contribution in [0.2, 0.25) is 5.02 Å². The summed E-state index contributed by atoms with van der Waals surface area (Å²) >= 11 is 7.98. The smallest absolute Gasteiger partial charge is 0.252 e. The molecule has 1 aromatic rings. The molecule has 0 spiro atoms. The Kier molecular flexibility index (Phi) is 8.89. The average Bonchev–Trinajstić information content (AvgIpc) is 3.04. The van der Waals surface area contributed by atoms with Crippen LogP contribution in [0, 0.1) is 0 Å². The predicted molar refractivity (Wildman–Crippen MR) is 124 cm³/mol. The van der Waals surface area contributed by atoms with Crippen LogP contribution in [0.25, 0.3) is 0 Å². The summed E-state index contributed by atoms with van der Waals surface area (Å²) in [6.45, 7) is 5.96. The molecule has 1 aromatic carbocycles. The Morgan fingerprint density at radius 1 is 1.13 bits per heavy atom. The lowest BCUT2D eigenvalue weighted by Gasteiger charge is -2.27. The Morgan fingerprint density at radius 3 is 2.47 bits per heavy atom. The molecule has 6 nitrogen and oxygen atoms in total. The van der Waals surface area contributed by atoms with E-state index in [1.807, 2.05) is 0 Å². The lowest BCUT2D eigenvalue weighted by Crippen LogP contribution is -2.38. The molecular formula is C21H32ClN3O3S2. The van der Waals surface area contributed by atoms with E-state index < -0.39 is 10.0 Å². The van der Waals surface area contributed by atoms with Crippen molar-refractivity contribution in [3.63, 3.8) is 0 Å². The quantitative estimate of drug-likeness (QED) is 0.656. The van der Waals surface area contributed by atoms with Gasteiger partial charge < -0.3 is 10.2 Å². The second kappa shape index (κ2) is 11.2. The Hall–Kier alpha value is -0.800. The van der Waals surface area contributed by atoms with E-state index in [-0.39, 0.29) is 21.4 Å². The number of likely N-dealkylation sites (tertiary alicyclic amines) is 1. The molecule has 30 heavy (non-hydrogen) atoms. The molecule has 2 aliphatic rings. The molecule has 168 valence electrons. The highest BCUT2D eigenvalue weighted by atomic mass is 35.5. The normalized spacial score (nSPS) is 20.5. The van der Waals surface area contributed by atoms with Crippen molar-refractivity contribution in [3.8, 4) is 0 Å². The van der Waals surface area contributed by atoms with Crippen molar-refractivity contribution in [3.05, 3.63) is 28.8 Å². The van der Waals surface area contributed by atoms with Crippen molar-refractivity contribution in [2.45, 2.75) is 50.0 Å². The maximum atomic E-state index is 12.9. The first kappa shape index (κ1) is 23.9. The van der Waals surface area contributed by atoms with E-state index in [1.54, 1.807) is 11.8 Å². The number of nitrogens with zero attached hydrogens (tertiary/aromatic N) is 2. The summed E-state index contributed by atoms with van der Waals surface area (Å²) < 4.78 is 27.3. The molecule has 3 rings (SSSR count). The number of carbonyl (C=O) groups excluding carboxylic acids is 1. The minimum absolute atomic E-state index is 0.127. The molecule has 0 aromatic heterocycles. The van der Waals surface area contributed by atoms with Crippen LogP contribution < -0.4 is 5.32 Å². The van der Waals surface area contributed by atoms with Gasteiger partial charge in [-0.1, -0.05) is 24.4 Å². The Labute approximate surface area is 189 Å². The molecule has 9 heteroatoms. The Morgan fingerprint density at radius 2 is 1.80 bits per heavy atom. The van der Waals surface area contributed by atoms with Gasteiger partial charge in [0.1, 0.15) is 0 Å². The second-order valence-electron chi connectivity index (χ2n) is 8.00. The molecule has 1 amide bonds. The number of sulfonamides is 1. The van der Waals surface area contributed by atoms with Gasteiger partial charge in [0.25, 0.3) is 5.91 Å². The largest absolute Gasteiger partial charge is 0.352 e. The number of thioether (sulfide) groups is 1. The Bertz CT molecular complexity index is 821. The van der Waals surface area contributed by atoms with Gasteiger partial charge >= 0.3 is 0 Å². The van der Waals surface area contributed by atoms with E-state index in [2.05, 4.69) is 17.1 Å². The third-order valence-corrected chi connectivity index (χ3v) is 9.07. The van der Waals surface area contributed by atoms with Gasteiger partial charge in [0.2, 0.25) is 10.0 Å². The number of rotatable bonds is 7. The first-order chi connectivity index (χ1) is 14.4. The third kappa shape index (κ3) is 6.13. The van der Waals surface area contributed by atoms with E-state index in [1.165, 1.54) is 48.2 Å². The zero-order chi connectivity index (χ0) is 21.6. The molecule has 1 atom stereocenters. The number of amides is 1. The van der Waals surface area contributed by atoms with Gasteiger partial charge in [0, 0.05) is 37.2 Å². The first-order valence-corrected chi connectivity index (χ1v) is 13.8. The number of hydrogen-bond acceptors (Lipinski definition) is 5. The van der Waals surface area contributed by atoms with E-state index in [9.17, 15) is 13.2 Å². The SMILES string of the molecule is C[C@@H](CCNC(=O)c1cc(S(=O)(=O)N2CCSCC2)ccc1Cl)N1CCCCCC1. The number of halogens is 1. The van der Waals surface area contributed by atoms with Crippen molar-refractivity contribution in [2.75, 3.05) is 44.2 Å². The molecule has 1 N–H and O–H groups in total. The van der Waals surface area contributed by atoms with Crippen molar-refractivity contribution < 1.29 is 13.2 Å². The van der Waals surface area contributed by atoms with E-state index in [0.717, 1.165) is 31.0 Å². The third-order valence-electron chi connectivity index (χ3n) is 5.90. The lowest BCUT2D eigenvalue weighted by molar-refractivity contribution is 0.0948. The number of carbonyl (C=O) groups is 1. The van der Waals surface area contributed by atoms with Crippen LogP contribution in [0.1, 0.15) is 49.4 Å². The lowest BCUT2D eigenvalue weighted by atomic mass is 10.1. The highest BCUT2D eigenvalue weighted by molar-refractivity contribution is 7.99. The van der Waals surface area contributed by atoms with Crippen molar-refractivity contribution in [1.82, 2.24) is 14.5 Å². The van der Waals surface area contributed by atoms with Crippen LogP contribution in [0.15, 0.2) is 23.1 Å². The maximum absolute atomic E-state index is 12.9. The molecule has 0 unspecified atom stereocenters. The van der Waals surface area contributed by atoms with Gasteiger partial charge in [-0.2, -0.15) is 16.1 Å². The number of benzene rings is 1. The summed E-state index contributed by atoms with van der Waals surface area (Å²) in [5, 5.41) is 3.19. The second-order valence-corrected chi connectivity index (χ2v) is 11.6.